The molecule has 0 aromatic carbocycles. The van der Waals surface area contributed by atoms with Gasteiger partial charge in [0.15, 0.2) is 0 Å². The Bertz CT molecular complexity index is 635. The smallest absolute Gasteiger partial charge is 0.251 e. The zero-order valence-corrected chi connectivity index (χ0v) is 11.9. The van der Waals surface area contributed by atoms with Gasteiger partial charge in [-0.3, -0.25) is 14.4 Å². The Labute approximate surface area is 122 Å². The molecule has 0 aliphatic carbocycles. The molecule has 1 amide bonds. The molecule has 21 heavy (non-hydrogen) atoms. The lowest BCUT2D eigenvalue weighted by Crippen LogP contribution is -2.21. The summed E-state index contributed by atoms with van der Waals surface area (Å²) in [6.45, 7) is 4.60. The van der Waals surface area contributed by atoms with Crippen LogP contribution < -0.4 is 5.73 Å². The number of hydrogen-bond donors (Lipinski definition) is 1. The highest BCUT2D eigenvalue weighted by Gasteiger charge is 2.25. The van der Waals surface area contributed by atoms with Crippen molar-refractivity contribution in [2.75, 3.05) is 13.1 Å². The molecule has 1 unspecified atom stereocenters. The monoisotopic (exact) mass is 286 g/mol. The van der Waals surface area contributed by atoms with Crippen LogP contribution in [0.4, 0.5) is 0 Å². The second-order valence-electron chi connectivity index (χ2n) is 5.39. The van der Waals surface area contributed by atoms with Crippen molar-refractivity contribution in [3.8, 4) is 0 Å². The Hall–Kier alpha value is -2.28. The van der Waals surface area contributed by atoms with Gasteiger partial charge in [0.2, 0.25) is 0 Å². The summed E-state index contributed by atoms with van der Waals surface area (Å²) in [6.07, 6.45) is 8.00. The van der Waals surface area contributed by atoms with E-state index in [1.165, 1.54) is 6.20 Å². The first-order valence-corrected chi connectivity index (χ1v) is 6.95. The molecule has 1 aliphatic heterocycles. The van der Waals surface area contributed by atoms with E-state index >= 15 is 0 Å². The molecule has 1 saturated heterocycles. The summed E-state index contributed by atoms with van der Waals surface area (Å²) in [4.78, 5) is 21.9. The zero-order chi connectivity index (χ0) is 14.8. The molecule has 1 fully saturated rings. The van der Waals surface area contributed by atoms with Crippen molar-refractivity contribution in [3.05, 3.63) is 41.7 Å². The van der Waals surface area contributed by atoms with E-state index in [-0.39, 0.29) is 6.04 Å². The number of aromatic nitrogens is 4. The number of carbonyl (C=O) groups excluding carboxylic acids is 1. The molecule has 2 aromatic heterocycles. The van der Waals surface area contributed by atoms with Crippen LogP contribution in [0.1, 0.15) is 34.2 Å². The minimum atomic E-state index is -0.437. The molecule has 2 N–H and O–H groups in total. The standard InChI is InChI=1S/C14H18N6O/c1-10-16-4-11(5-17-10)7-19-3-2-13(9-19)20-8-12(6-18-20)14(15)21/h4-6,8,13H,2-3,7,9H2,1H3,(H2,15,21). The van der Waals surface area contributed by atoms with Crippen molar-refractivity contribution < 1.29 is 4.79 Å². The van der Waals surface area contributed by atoms with Crippen molar-refractivity contribution in [1.29, 1.82) is 0 Å². The number of hydrogen-bond acceptors (Lipinski definition) is 5. The van der Waals surface area contributed by atoms with Crippen LogP contribution in [0.25, 0.3) is 0 Å². The fourth-order valence-corrected chi connectivity index (χ4v) is 2.60. The van der Waals surface area contributed by atoms with Gasteiger partial charge in [0, 0.05) is 43.8 Å². The third kappa shape index (κ3) is 3.08. The average Bonchev–Trinajstić information content (AvgIpc) is 3.10. The Balaban J connectivity index is 1.62. The molecule has 0 bridgehead atoms. The lowest BCUT2D eigenvalue weighted by molar-refractivity contribution is 0.1000. The predicted molar refractivity (Wildman–Crippen MR) is 76.4 cm³/mol. The van der Waals surface area contributed by atoms with Crippen molar-refractivity contribution in [1.82, 2.24) is 24.6 Å². The Morgan fingerprint density at radius 2 is 2.14 bits per heavy atom. The summed E-state index contributed by atoms with van der Waals surface area (Å²) in [7, 11) is 0. The highest BCUT2D eigenvalue weighted by atomic mass is 16.1. The van der Waals surface area contributed by atoms with Crippen molar-refractivity contribution in [2.24, 2.45) is 5.73 Å². The number of carbonyl (C=O) groups is 1. The highest BCUT2D eigenvalue weighted by molar-refractivity contribution is 5.92. The first kappa shape index (κ1) is 13.7. The van der Waals surface area contributed by atoms with Gasteiger partial charge < -0.3 is 5.73 Å². The van der Waals surface area contributed by atoms with E-state index in [4.69, 9.17) is 5.73 Å². The maximum atomic E-state index is 11.1. The number of aryl methyl sites for hydroxylation is 1. The van der Waals surface area contributed by atoms with Gasteiger partial charge in [-0.1, -0.05) is 0 Å². The summed E-state index contributed by atoms with van der Waals surface area (Å²) in [5, 5.41) is 4.24. The van der Waals surface area contributed by atoms with Gasteiger partial charge in [0.05, 0.1) is 17.8 Å². The van der Waals surface area contributed by atoms with Crippen LogP contribution in [0.5, 0.6) is 0 Å². The molecule has 7 heteroatoms. The second kappa shape index (κ2) is 5.61. The molecule has 1 atom stereocenters. The maximum absolute atomic E-state index is 11.1. The van der Waals surface area contributed by atoms with E-state index < -0.39 is 5.91 Å². The quantitative estimate of drug-likeness (QED) is 0.885. The van der Waals surface area contributed by atoms with Gasteiger partial charge in [-0.25, -0.2) is 9.97 Å². The molecule has 0 spiro atoms. The molecule has 110 valence electrons. The summed E-state index contributed by atoms with van der Waals surface area (Å²) >= 11 is 0. The number of nitrogens with zero attached hydrogens (tertiary/aromatic N) is 5. The SMILES string of the molecule is Cc1ncc(CN2CCC(n3cc(C(N)=O)cn3)C2)cn1. The molecule has 3 rings (SSSR count). The van der Waals surface area contributed by atoms with Gasteiger partial charge in [0.25, 0.3) is 5.91 Å². The van der Waals surface area contributed by atoms with Gasteiger partial charge in [-0.2, -0.15) is 5.10 Å². The van der Waals surface area contributed by atoms with E-state index in [0.29, 0.717) is 5.56 Å². The second-order valence-corrected chi connectivity index (χ2v) is 5.39. The fraction of sp³-hybridized carbons (Fsp3) is 0.429. The van der Waals surface area contributed by atoms with E-state index in [0.717, 1.165) is 37.4 Å². The van der Waals surface area contributed by atoms with E-state index in [9.17, 15) is 4.79 Å². The Morgan fingerprint density at radius 3 is 2.81 bits per heavy atom. The maximum Gasteiger partial charge on any atom is 0.251 e. The molecular weight excluding hydrogens is 268 g/mol. The van der Waals surface area contributed by atoms with E-state index in [1.54, 1.807) is 6.20 Å². The summed E-state index contributed by atoms with van der Waals surface area (Å²) in [5.41, 5.74) is 6.82. The van der Waals surface area contributed by atoms with Gasteiger partial charge >= 0.3 is 0 Å². The van der Waals surface area contributed by atoms with Crippen LogP contribution >= 0.6 is 0 Å². The number of likely N-dealkylation sites (tertiary alicyclic amines) is 1. The van der Waals surface area contributed by atoms with Crippen molar-refractivity contribution in [2.45, 2.75) is 25.9 Å². The van der Waals surface area contributed by atoms with E-state index in [1.807, 2.05) is 24.0 Å². The van der Waals surface area contributed by atoms with Crippen molar-refractivity contribution >= 4 is 5.91 Å². The molecule has 0 saturated carbocycles. The minimum Gasteiger partial charge on any atom is -0.366 e. The minimum absolute atomic E-state index is 0.282. The van der Waals surface area contributed by atoms with Crippen LogP contribution in [-0.2, 0) is 6.54 Å². The molecule has 1 aliphatic rings. The molecular formula is C14H18N6O. The van der Waals surface area contributed by atoms with Crippen LogP contribution in [0, 0.1) is 6.92 Å². The van der Waals surface area contributed by atoms with Gasteiger partial charge in [-0.15, -0.1) is 0 Å². The van der Waals surface area contributed by atoms with Crippen molar-refractivity contribution in [3.63, 3.8) is 0 Å². The van der Waals surface area contributed by atoms with Crippen LogP contribution in [0.15, 0.2) is 24.8 Å². The largest absolute Gasteiger partial charge is 0.366 e. The molecule has 3 heterocycles. The zero-order valence-electron chi connectivity index (χ0n) is 11.9. The van der Waals surface area contributed by atoms with Gasteiger partial charge in [-0.05, 0) is 13.3 Å². The molecule has 2 aromatic rings. The lowest BCUT2D eigenvalue weighted by atomic mass is 10.2. The fourth-order valence-electron chi connectivity index (χ4n) is 2.60. The van der Waals surface area contributed by atoms with Crippen LogP contribution in [0.3, 0.4) is 0 Å². The third-order valence-corrected chi connectivity index (χ3v) is 3.75. The summed E-state index contributed by atoms with van der Waals surface area (Å²) in [5.74, 6) is 0.349. The predicted octanol–water partition coefficient (Wildman–Crippen LogP) is 0.527. The number of nitrogens with two attached hydrogens (primary N) is 1. The first-order chi connectivity index (χ1) is 10.1. The Kier molecular flexibility index (Phi) is 3.66. The lowest BCUT2D eigenvalue weighted by Gasteiger charge is -2.15. The summed E-state index contributed by atoms with van der Waals surface area (Å²) < 4.78 is 1.84. The third-order valence-electron chi connectivity index (χ3n) is 3.75. The summed E-state index contributed by atoms with van der Waals surface area (Å²) in [6, 6.07) is 0.282. The number of amides is 1. The average molecular weight is 286 g/mol. The topological polar surface area (TPSA) is 89.9 Å². The number of primary amides is 1. The normalized spacial score (nSPS) is 19.0. The molecule has 7 nitrogen and oxygen atoms in total. The van der Waals surface area contributed by atoms with Crippen LogP contribution in [-0.4, -0.2) is 43.6 Å². The Morgan fingerprint density at radius 1 is 1.38 bits per heavy atom. The number of rotatable bonds is 4. The van der Waals surface area contributed by atoms with Gasteiger partial charge in [0.1, 0.15) is 5.82 Å². The van der Waals surface area contributed by atoms with E-state index in [2.05, 4.69) is 20.0 Å². The highest BCUT2D eigenvalue weighted by Crippen LogP contribution is 2.22. The molecule has 0 radical (unpaired) electrons. The van der Waals surface area contributed by atoms with Crippen LogP contribution in [0.2, 0.25) is 0 Å². The first-order valence-electron chi connectivity index (χ1n) is 6.95.